The van der Waals surface area contributed by atoms with Gasteiger partial charge in [-0.25, -0.2) is 0 Å². The maximum absolute atomic E-state index is 11.8. The number of nitrogens with one attached hydrogen (secondary N) is 1. The van der Waals surface area contributed by atoms with Crippen LogP contribution in [0.25, 0.3) is 0 Å². The molecule has 5 heteroatoms. The molecule has 2 N–H and O–H groups in total. The Bertz CT molecular complexity index is 391. The molecule has 0 aromatic heterocycles. The van der Waals surface area contributed by atoms with Gasteiger partial charge in [-0.2, -0.15) is 5.48 Å². The molecule has 0 spiro atoms. The van der Waals surface area contributed by atoms with Crippen molar-refractivity contribution < 1.29 is 10.0 Å². The van der Waals surface area contributed by atoms with E-state index < -0.39 is 5.54 Å². The predicted octanol–water partition coefficient (Wildman–Crippen LogP) is 2.93. The first kappa shape index (κ1) is 12.5. The Labute approximate surface area is 98.0 Å². The molecule has 0 saturated heterocycles. The van der Waals surface area contributed by atoms with Crippen LogP contribution in [0.3, 0.4) is 0 Å². The van der Waals surface area contributed by atoms with Crippen molar-refractivity contribution in [3.8, 4) is 0 Å². The molecular weight excluding hydrogens is 237 g/mol. The van der Waals surface area contributed by atoms with Gasteiger partial charge in [-0.3, -0.25) is 4.79 Å². The van der Waals surface area contributed by atoms with Crippen molar-refractivity contribution >= 4 is 29.0 Å². The highest BCUT2D eigenvalue weighted by molar-refractivity contribution is 6.42. The van der Waals surface area contributed by atoms with E-state index in [4.69, 9.17) is 28.4 Å². The lowest BCUT2D eigenvalue weighted by atomic mass is 9.94. The van der Waals surface area contributed by atoms with Crippen LogP contribution in [0.5, 0.6) is 0 Å². The second-order valence-corrected chi connectivity index (χ2v) is 4.51. The van der Waals surface area contributed by atoms with Crippen molar-refractivity contribution in [2.45, 2.75) is 19.4 Å². The molecule has 0 unspecified atom stereocenters. The summed E-state index contributed by atoms with van der Waals surface area (Å²) < 4.78 is 0. The quantitative estimate of drug-likeness (QED) is 0.638. The third-order valence-corrected chi connectivity index (χ3v) is 2.77. The Morgan fingerprint density at radius 2 is 1.93 bits per heavy atom. The van der Waals surface area contributed by atoms with E-state index in [1.807, 2.05) is 5.48 Å². The van der Waals surface area contributed by atoms with Gasteiger partial charge in [0.1, 0.15) is 5.54 Å². The summed E-state index contributed by atoms with van der Waals surface area (Å²) in [4.78, 5) is 11.8. The molecule has 1 rings (SSSR count). The van der Waals surface area contributed by atoms with Gasteiger partial charge in [-0.15, -0.1) is 0 Å². The van der Waals surface area contributed by atoms with Crippen molar-refractivity contribution in [1.29, 1.82) is 0 Å². The number of hydrogen-bond acceptors (Lipinski definition) is 3. The second kappa shape index (κ2) is 4.49. The molecule has 0 fully saturated rings. The van der Waals surface area contributed by atoms with Crippen molar-refractivity contribution in [3.05, 3.63) is 33.8 Å². The molecule has 0 bridgehead atoms. The standard InChI is InChI=1S/C10H11Cl2NO2/c1-10(2,13-15)9(14)6-3-4-7(11)8(12)5-6/h3-5,13,15H,1-2H3. The molecule has 0 saturated carbocycles. The number of hydrogen-bond donors (Lipinski definition) is 2. The highest BCUT2D eigenvalue weighted by atomic mass is 35.5. The third-order valence-electron chi connectivity index (χ3n) is 2.03. The van der Waals surface area contributed by atoms with Gasteiger partial charge in [0.15, 0.2) is 5.78 Å². The number of rotatable bonds is 3. The molecule has 3 nitrogen and oxygen atoms in total. The fraction of sp³-hybridized carbons (Fsp3) is 0.300. The maximum atomic E-state index is 11.8. The van der Waals surface area contributed by atoms with Crippen LogP contribution in [0.4, 0.5) is 0 Å². The summed E-state index contributed by atoms with van der Waals surface area (Å²) in [5.41, 5.74) is 1.30. The Balaban J connectivity index is 3.08. The lowest BCUT2D eigenvalue weighted by molar-refractivity contribution is 0.0569. The zero-order valence-corrected chi connectivity index (χ0v) is 9.86. The van der Waals surface area contributed by atoms with Gasteiger partial charge in [-0.05, 0) is 32.0 Å². The van der Waals surface area contributed by atoms with Crippen LogP contribution in [0, 0.1) is 0 Å². The van der Waals surface area contributed by atoms with E-state index in [-0.39, 0.29) is 5.78 Å². The highest BCUT2D eigenvalue weighted by Gasteiger charge is 2.27. The van der Waals surface area contributed by atoms with Gasteiger partial charge >= 0.3 is 0 Å². The van der Waals surface area contributed by atoms with Crippen LogP contribution in [0.1, 0.15) is 24.2 Å². The third kappa shape index (κ3) is 2.69. The van der Waals surface area contributed by atoms with Crippen LogP contribution in [0.15, 0.2) is 18.2 Å². The van der Waals surface area contributed by atoms with E-state index in [1.165, 1.54) is 6.07 Å². The lowest BCUT2D eigenvalue weighted by Crippen LogP contribution is -2.44. The Kier molecular flexibility index (Phi) is 3.73. The topological polar surface area (TPSA) is 49.3 Å². The zero-order valence-electron chi connectivity index (χ0n) is 8.34. The van der Waals surface area contributed by atoms with Gasteiger partial charge in [0.2, 0.25) is 0 Å². The molecule has 0 atom stereocenters. The molecule has 0 aliphatic heterocycles. The molecule has 0 aliphatic carbocycles. The number of halogens is 2. The van der Waals surface area contributed by atoms with E-state index in [0.717, 1.165) is 0 Å². The minimum Gasteiger partial charge on any atom is -0.316 e. The molecule has 0 amide bonds. The van der Waals surface area contributed by atoms with Crippen LogP contribution in [-0.4, -0.2) is 16.5 Å². The van der Waals surface area contributed by atoms with Crippen LogP contribution in [0.2, 0.25) is 10.0 Å². The molecular formula is C10H11Cl2NO2. The Hall–Kier alpha value is -0.610. The lowest BCUT2D eigenvalue weighted by Gasteiger charge is -2.20. The minimum absolute atomic E-state index is 0.261. The van der Waals surface area contributed by atoms with Crippen LogP contribution in [-0.2, 0) is 0 Å². The zero-order chi connectivity index (χ0) is 11.6. The van der Waals surface area contributed by atoms with Crippen LogP contribution < -0.4 is 5.48 Å². The van der Waals surface area contributed by atoms with Crippen molar-refractivity contribution in [2.75, 3.05) is 0 Å². The SMILES string of the molecule is CC(C)(NO)C(=O)c1ccc(Cl)c(Cl)c1. The Morgan fingerprint density at radius 1 is 1.33 bits per heavy atom. The first-order chi connectivity index (χ1) is 6.88. The highest BCUT2D eigenvalue weighted by Crippen LogP contribution is 2.24. The monoisotopic (exact) mass is 247 g/mol. The summed E-state index contributed by atoms with van der Waals surface area (Å²) in [6, 6.07) is 4.59. The number of carbonyl (C=O) groups is 1. The molecule has 0 heterocycles. The van der Waals surface area contributed by atoms with Gasteiger partial charge < -0.3 is 5.21 Å². The summed E-state index contributed by atoms with van der Waals surface area (Å²) in [5.74, 6) is -0.261. The first-order valence-electron chi connectivity index (χ1n) is 4.29. The number of hydroxylamine groups is 1. The average molecular weight is 248 g/mol. The summed E-state index contributed by atoms with van der Waals surface area (Å²) in [6.45, 7) is 3.13. The summed E-state index contributed by atoms with van der Waals surface area (Å²) >= 11 is 11.5. The van der Waals surface area contributed by atoms with E-state index >= 15 is 0 Å². The fourth-order valence-corrected chi connectivity index (χ4v) is 1.35. The number of benzene rings is 1. The summed E-state index contributed by atoms with van der Waals surface area (Å²) in [7, 11) is 0. The van der Waals surface area contributed by atoms with Gasteiger partial charge in [0.05, 0.1) is 10.0 Å². The van der Waals surface area contributed by atoms with E-state index in [1.54, 1.807) is 26.0 Å². The molecule has 1 aromatic rings. The molecule has 0 aliphatic rings. The second-order valence-electron chi connectivity index (χ2n) is 3.69. The summed E-state index contributed by atoms with van der Waals surface area (Å²) in [6.07, 6.45) is 0. The first-order valence-corrected chi connectivity index (χ1v) is 5.05. The predicted molar refractivity (Wildman–Crippen MR) is 59.8 cm³/mol. The van der Waals surface area contributed by atoms with E-state index in [0.29, 0.717) is 15.6 Å². The Morgan fingerprint density at radius 3 is 2.40 bits per heavy atom. The number of ketones is 1. The molecule has 15 heavy (non-hydrogen) atoms. The smallest absolute Gasteiger partial charge is 0.184 e. The van der Waals surface area contributed by atoms with Crippen molar-refractivity contribution in [2.24, 2.45) is 0 Å². The summed E-state index contributed by atoms with van der Waals surface area (Å²) in [5, 5.41) is 9.53. The number of carbonyl (C=O) groups excluding carboxylic acids is 1. The fourth-order valence-electron chi connectivity index (χ4n) is 1.05. The van der Waals surface area contributed by atoms with E-state index in [2.05, 4.69) is 0 Å². The largest absolute Gasteiger partial charge is 0.316 e. The van der Waals surface area contributed by atoms with Crippen molar-refractivity contribution in [1.82, 2.24) is 5.48 Å². The molecule has 82 valence electrons. The maximum Gasteiger partial charge on any atom is 0.184 e. The van der Waals surface area contributed by atoms with Gasteiger partial charge in [-0.1, -0.05) is 23.2 Å². The molecule has 1 aromatic carbocycles. The normalized spacial score (nSPS) is 11.5. The van der Waals surface area contributed by atoms with E-state index in [9.17, 15) is 4.79 Å². The minimum atomic E-state index is -1.04. The number of Topliss-reactive ketones (excluding diaryl/α,β-unsaturated/α-hetero) is 1. The average Bonchev–Trinajstić information content (AvgIpc) is 2.21. The van der Waals surface area contributed by atoms with Gasteiger partial charge in [0.25, 0.3) is 0 Å². The van der Waals surface area contributed by atoms with Crippen molar-refractivity contribution in [3.63, 3.8) is 0 Å². The van der Waals surface area contributed by atoms with Gasteiger partial charge in [0, 0.05) is 5.56 Å². The van der Waals surface area contributed by atoms with Crippen LogP contribution >= 0.6 is 23.2 Å². The molecule has 0 radical (unpaired) electrons.